The second kappa shape index (κ2) is 5.62. The van der Waals surface area contributed by atoms with E-state index in [9.17, 15) is 19.2 Å². The van der Waals surface area contributed by atoms with E-state index in [-0.39, 0.29) is 6.61 Å². The number of aliphatic carboxylic acids is 2. The molecule has 1 atom stereocenters. The summed E-state index contributed by atoms with van der Waals surface area (Å²) in [6, 6.07) is 0. The molecule has 8 nitrogen and oxygen atoms in total. The van der Waals surface area contributed by atoms with Gasteiger partial charge < -0.3 is 14.9 Å². The number of carboxylic acid groups (broad SMARTS) is 2. The van der Waals surface area contributed by atoms with Crippen molar-refractivity contribution in [3.05, 3.63) is 0 Å². The molecule has 88 valence electrons. The van der Waals surface area contributed by atoms with E-state index in [1.807, 2.05) is 0 Å². The minimum Gasteiger partial charge on any atom is -0.481 e. The minimum absolute atomic E-state index is 0.165. The summed E-state index contributed by atoms with van der Waals surface area (Å²) in [5, 5.41) is 17.2. The molecule has 0 aliphatic heterocycles. The van der Waals surface area contributed by atoms with Crippen LogP contribution < -0.4 is 0 Å². The third-order valence-electron chi connectivity index (χ3n) is 1.61. The van der Waals surface area contributed by atoms with E-state index in [1.54, 1.807) is 0 Å². The van der Waals surface area contributed by atoms with E-state index < -0.39 is 29.9 Å². The van der Waals surface area contributed by atoms with Crippen molar-refractivity contribution in [2.45, 2.75) is 18.9 Å². The number of ether oxygens (including phenoxy) is 1. The van der Waals surface area contributed by atoms with Crippen molar-refractivity contribution in [1.82, 2.24) is 0 Å². The molecular formula is C8H9NO7. The van der Waals surface area contributed by atoms with Gasteiger partial charge >= 0.3 is 17.9 Å². The molecule has 0 aromatic heterocycles. The van der Waals surface area contributed by atoms with Crippen LogP contribution in [-0.4, -0.2) is 46.3 Å². The number of hydrogen-bond acceptors (Lipinski definition) is 6. The maximum atomic E-state index is 11.3. The zero-order valence-electron chi connectivity index (χ0n) is 8.30. The molecule has 1 unspecified atom stereocenters. The molecule has 0 heterocycles. The Hall–Kier alpha value is -2.21. The first-order valence-electron chi connectivity index (χ1n) is 4.12. The largest absolute Gasteiger partial charge is 0.481 e. The molecule has 0 spiro atoms. The predicted molar refractivity (Wildman–Crippen MR) is 47.4 cm³/mol. The highest BCUT2D eigenvalue weighted by atomic mass is 16.5. The molecule has 0 aliphatic carbocycles. The van der Waals surface area contributed by atoms with E-state index >= 15 is 0 Å². The third kappa shape index (κ3) is 2.89. The Balaban J connectivity index is 5.41. The van der Waals surface area contributed by atoms with Gasteiger partial charge in [0.15, 0.2) is 0 Å². The van der Waals surface area contributed by atoms with Crippen molar-refractivity contribution in [2.24, 2.45) is 4.99 Å². The zero-order chi connectivity index (χ0) is 12.8. The monoisotopic (exact) mass is 231 g/mol. The molecule has 0 saturated carbocycles. The molecule has 0 bridgehead atoms. The summed E-state index contributed by atoms with van der Waals surface area (Å²) >= 11 is 0. The second-order valence-electron chi connectivity index (χ2n) is 2.66. The van der Waals surface area contributed by atoms with Crippen LogP contribution in [0.2, 0.25) is 0 Å². The van der Waals surface area contributed by atoms with Gasteiger partial charge in [0.25, 0.3) is 5.54 Å². The van der Waals surface area contributed by atoms with Crippen LogP contribution in [0.1, 0.15) is 13.3 Å². The number of carbonyl (C=O) groups is 3. The van der Waals surface area contributed by atoms with Crippen LogP contribution in [-0.2, 0) is 23.9 Å². The van der Waals surface area contributed by atoms with Crippen molar-refractivity contribution in [2.75, 3.05) is 6.61 Å². The number of hydrogen-bond donors (Lipinski definition) is 2. The van der Waals surface area contributed by atoms with Crippen molar-refractivity contribution in [3.8, 4) is 0 Å². The van der Waals surface area contributed by atoms with Gasteiger partial charge in [-0.25, -0.2) is 14.4 Å². The van der Waals surface area contributed by atoms with Gasteiger partial charge in [-0.15, -0.1) is 0 Å². The molecular weight excluding hydrogens is 222 g/mol. The lowest BCUT2D eigenvalue weighted by Gasteiger charge is -2.18. The number of esters is 1. The van der Waals surface area contributed by atoms with Gasteiger partial charge in [0, 0.05) is 0 Å². The lowest BCUT2D eigenvalue weighted by Crippen LogP contribution is -2.47. The number of carbonyl (C=O) groups excluding carboxylic acids is 2. The average molecular weight is 231 g/mol. The maximum Gasteiger partial charge on any atom is 0.347 e. The summed E-state index contributed by atoms with van der Waals surface area (Å²) < 4.78 is 4.37. The lowest BCUT2D eigenvalue weighted by molar-refractivity contribution is -0.164. The number of rotatable bonds is 6. The Morgan fingerprint density at radius 1 is 1.38 bits per heavy atom. The van der Waals surface area contributed by atoms with Crippen molar-refractivity contribution < 1.29 is 34.1 Å². The first-order chi connectivity index (χ1) is 7.40. The molecule has 0 saturated heterocycles. The molecule has 16 heavy (non-hydrogen) atoms. The molecule has 0 radical (unpaired) electrons. The Bertz CT molecular complexity index is 353. The van der Waals surface area contributed by atoms with Crippen molar-refractivity contribution >= 4 is 24.0 Å². The summed E-state index contributed by atoms with van der Waals surface area (Å²) in [5.74, 6) is -4.89. The van der Waals surface area contributed by atoms with E-state index in [4.69, 9.17) is 10.2 Å². The molecule has 0 aliphatic rings. The van der Waals surface area contributed by atoms with Gasteiger partial charge in [-0.3, -0.25) is 4.79 Å². The van der Waals surface area contributed by atoms with Gasteiger partial charge in [0.2, 0.25) is 6.08 Å². The standard InChI is InChI=1S/C8H9NO7/c1-2-16-7(15)8(6(13)14,9-4-10)3-5(11)12/h2-3H2,1H3,(H,11,12)(H,13,14). The smallest absolute Gasteiger partial charge is 0.347 e. The Kier molecular flexibility index (Phi) is 4.84. The minimum atomic E-state index is -2.76. The summed E-state index contributed by atoms with van der Waals surface area (Å²) in [6.45, 7) is 1.23. The number of nitrogens with zero attached hydrogens (tertiary/aromatic N) is 1. The van der Waals surface area contributed by atoms with Crippen LogP contribution in [0.15, 0.2) is 4.99 Å². The van der Waals surface area contributed by atoms with Crippen LogP contribution in [0.5, 0.6) is 0 Å². The first kappa shape index (κ1) is 13.8. The quantitative estimate of drug-likeness (QED) is 0.264. The van der Waals surface area contributed by atoms with Crippen molar-refractivity contribution in [3.63, 3.8) is 0 Å². The number of carboxylic acids is 2. The van der Waals surface area contributed by atoms with Crippen LogP contribution in [0.25, 0.3) is 0 Å². The summed E-state index contributed by atoms with van der Waals surface area (Å²) in [6.07, 6.45) is -0.319. The van der Waals surface area contributed by atoms with Crippen LogP contribution in [0.4, 0.5) is 0 Å². The molecule has 2 N–H and O–H groups in total. The van der Waals surface area contributed by atoms with Crippen LogP contribution >= 0.6 is 0 Å². The third-order valence-corrected chi connectivity index (χ3v) is 1.61. The summed E-state index contributed by atoms with van der Waals surface area (Å²) in [7, 11) is 0. The highest BCUT2D eigenvalue weighted by Gasteiger charge is 2.50. The SMILES string of the molecule is CCOC(=O)C(CC(=O)O)(N=C=O)C(=O)O. The van der Waals surface area contributed by atoms with E-state index in [0.717, 1.165) is 6.08 Å². The van der Waals surface area contributed by atoms with E-state index in [2.05, 4.69) is 9.73 Å². The highest BCUT2D eigenvalue weighted by molar-refractivity contribution is 6.07. The van der Waals surface area contributed by atoms with Crippen LogP contribution in [0, 0.1) is 0 Å². The first-order valence-corrected chi connectivity index (χ1v) is 4.12. The fourth-order valence-corrected chi connectivity index (χ4v) is 0.915. The second-order valence-corrected chi connectivity index (χ2v) is 2.66. The molecule has 0 rings (SSSR count). The highest BCUT2D eigenvalue weighted by Crippen LogP contribution is 2.18. The molecule has 8 heteroatoms. The fourth-order valence-electron chi connectivity index (χ4n) is 0.915. The average Bonchev–Trinajstić information content (AvgIpc) is 2.16. The Labute approximate surface area is 89.5 Å². The number of isocyanates is 1. The number of aliphatic imine (C=N–C) groups is 1. The van der Waals surface area contributed by atoms with Gasteiger partial charge in [-0.05, 0) is 6.92 Å². The Morgan fingerprint density at radius 2 is 1.94 bits per heavy atom. The topological polar surface area (TPSA) is 130 Å². The van der Waals surface area contributed by atoms with E-state index in [0.29, 0.717) is 0 Å². The maximum absolute atomic E-state index is 11.3. The summed E-state index contributed by atoms with van der Waals surface area (Å²) in [5.41, 5.74) is -2.76. The van der Waals surface area contributed by atoms with Gasteiger partial charge in [-0.2, -0.15) is 4.99 Å². The van der Waals surface area contributed by atoms with Crippen LogP contribution in [0.3, 0.4) is 0 Å². The van der Waals surface area contributed by atoms with Gasteiger partial charge in [0.05, 0.1) is 13.0 Å². The predicted octanol–water partition coefficient (Wildman–Crippen LogP) is -0.817. The Morgan fingerprint density at radius 3 is 2.25 bits per heavy atom. The van der Waals surface area contributed by atoms with Crippen molar-refractivity contribution in [1.29, 1.82) is 0 Å². The fraction of sp³-hybridized carbons (Fsp3) is 0.500. The summed E-state index contributed by atoms with van der Waals surface area (Å²) in [4.78, 5) is 45.4. The molecule has 0 aromatic carbocycles. The molecule has 0 fully saturated rings. The lowest BCUT2D eigenvalue weighted by atomic mass is 9.96. The normalized spacial score (nSPS) is 13.1. The molecule has 0 amide bonds. The van der Waals surface area contributed by atoms with E-state index in [1.165, 1.54) is 6.92 Å². The van der Waals surface area contributed by atoms with Gasteiger partial charge in [0.1, 0.15) is 0 Å². The molecule has 0 aromatic rings. The van der Waals surface area contributed by atoms with Gasteiger partial charge in [-0.1, -0.05) is 0 Å². The zero-order valence-corrected chi connectivity index (χ0v) is 8.30.